The van der Waals surface area contributed by atoms with Gasteiger partial charge in [-0.05, 0) is 6.42 Å². The molecule has 0 aromatic heterocycles. The zero-order valence-electron chi connectivity index (χ0n) is 8.74. The fourth-order valence-corrected chi connectivity index (χ4v) is 1.34. The van der Waals surface area contributed by atoms with Crippen LogP contribution in [0.5, 0.6) is 0 Å². The summed E-state index contributed by atoms with van der Waals surface area (Å²) in [5.41, 5.74) is 0. The first-order valence-electron chi connectivity index (χ1n) is 5.27. The summed E-state index contributed by atoms with van der Waals surface area (Å²) >= 11 is 0. The van der Waals surface area contributed by atoms with Crippen LogP contribution >= 0.6 is 0 Å². The standard InChI is InChI=1S/C10H19NO3/c1-2-3-4-5-6-7-8-9(11-14)10(12)13/h9H,2-8H2,1H3,(H,12,13). The first kappa shape index (κ1) is 13.1. The molecule has 0 spiro atoms. The lowest BCUT2D eigenvalue weighted by atomic mass is 10.1. The number of aliphatic carboxylic acids is 1. The molecule has 4 nitrogen and oxygen atoms in total. The molecule has 1 N–H and O–H groups in total. The lowest BCUT2D eigenvalue weighted by molar-refractivity contribution is -0.138. The molecule has 0 fully saturated rings. The van der Waals surface area contributed by atoms with E-state index in [2.05, 4.69) is 12.1 Å². The van der Waals surface area contributed by atoms with Crippen LogP contribution in [0.15, 0.2) is 5.18 Å². The van der Waals surface area contributed by atoms with Crippen LogP contribution in [0.3, 0.4) is 0 Å². The van der Waals surface area contributed by atoms with Crippen molar-refractivity contribution in [3.05, 3.63) is 4.91 Å². The third-order valence-corrected chi connectivity index (χ3v) is 2.24. The van der Waals surface area contributed by atoms with Gasteiger partial charge in [0, 0.05) is 0 Å². The summed E-state index contributed by atoms with van der Waals surface area (Å²) < 4.78 is 0. The Kier molecular flexibility index (Phi) is 8.08. The number of nitroso groups, excluding NO2 is 1. The molecule has 0 rings (SSSR count). The third-order valence-electron chi connectivity index (χ3n) is 2.24. The van der Waals surface area contributed by atoms with Crippen molar-refractivity contribution in [1.29, 1.82) is 0 Å². The number of nitrogens with zero attached hydrogens (tertiary/aromatic N) is 1. The molecule has 0 amide bonds. The minimum absolute atomic E-state index is 0.380. The summed E-state index contributed by atoms with van der Waals surface area (Å²) in [5, 5.41) is 11.1. The Bertz CT molecular complexity index is 171. The van der Waals surface area contributed by atoms with Crippen LogP contribution in [-0.2, 0) is 4.79 Å². The molecule has 0 aliphatic carbocycles. The van der Waals surface area contributed by atoms with E-state index < -0.39 is 12.0 Å². The summed E-state index contributed by atoms with van der Waals surface area (Å²) in [4.78, 5) is 20.5. The van der Waals surface area contributed by atoms with Gasteiger partial charge in [0.15, 0.2) is 6.04 Å². The number of unbranched alkanes of at least 4 members (excludes halogenated alkanes) is 5. The number of hydrogen-bond donors (Lipinski definition) is 1. The predicted octanol–water partition coefficient (Wildman–Crippen LogP) is 2.96. The van der Waals surface area contributed by atoms with Crippen LogP contribution in [0.1, 0.15) is 51.9 Å². The highest BCUT2D eigenvalue weighted by molar-refractivity contribution is 5.73. The first-order valence-corrected chi connectivity index (χ1v) is 5.27. The van der Waals surface area contributed by atoms with E-state index in [0.29, 0.717) is 6.42 Å². The maximum atomic E-state index is 10.4. The predicted molar refractivity (Wildman–Crippen MR) is 55.2 cm³/mol. The zero-order valence-corrected chi connectivity index (χ0v) is 8.74. The van der Waals surface area contributed by atoms with Crippen molar-refractivity contribution in [3.63, 3.8) is 0 Å². The van der Waals surface area contributed by atoms with Gasteiger partial charge in [-0.1, -0.05) is 50.6 Å². The molecule has 0 radical (unpaired) electrons. The quantitative estimate of drug-likeness (QED) is 0.460. The van der Waals surface area contributed by atoms with Gasteiger partial charge in [0.05, 0.1) is 0 Å². The maximum Gasteiger partial charge on any atom is 0.332 e. The first-order chi connectivity index (χ1) is 6.72. The SMILES string of the molecule is CCCCCCCCC(N=O)C(=O)O. The molecule has 0 aromatic carbocycles. The molecule has 0 aromatic rings. The van der Waals surface area contributed by atoms with E-state index in [4.69, 9.17) is 5.11 Å². The smallest absolute Gasteiger partial charge is 0.332 e. The van der Waals surface area contributed by atoms with E-state index in [1.54, 1.807) is 0 Å². The molecule has 0 saturated heterocycles. The lowest BCUT2D eigenvalue weighted by Crippen LogP contribution is -2.16. The van der Waals surface area contributed by atoms with E-state index in [1.165, 1.54) is 19.3 Å². The molecule has 0 aliphatic heterocycles. The Morgan fingerprint density at radius 2 is 1.79 bits per heavy atom. The molecule has 4 heteroatoms. The lowest BCUT2D eigenvalue weighted by Gasteiger charge is -2.03. The van der Waals surface area contributed by atoms with E-state index in [1.807, 2.05) is 0 Å². The normalized spacial score (nSPS) is 12.4. The molecule has 0 aliphatic rings. The molecular formula is C10H19NO3. The van der Waals surface area contributed by atoms with Gasteiger partial charge in [-0.15, -0.1) is 4.91 Å². The van der Waals surface area contributed by atoms with Gasteiger partial charge in [0.25, 0.3) is 0 Å². The minimum Gasteiger partial charge on any atom is -0.480 e. The molecule has 0 bridgehead atoms. The Hall–Kier alpha value is -0.930. The van der Waals surface area contributed by atoms with E-state index in [9.17, 15) is 9.70 Å². The van der Waals surface area contributed by atoms with Gasteiger partial charge in [-0.2, -0.15) is 0 Å². The van der Waals surface area contributed by atoms with Crippen LogP contribution in [0.2, 0.25) is 0 Å². The van der Waals surface area contributed by atoms with Crippen LogP contribution in [0, 0.1) is 4.91 Å². The van der Waals surface area contributed by atoms with Crippen molar-refractivity contribution in [3.8, 4) is 0 Å². The van der Waals surface area contributed by atoms with Gasteiger partial charge in [0.1, 0.15) is 0 Å². The maximum absolute atomic E-state index is 10.4. The molecule has 14 heavy (non-hydrogen) atoms. The van der Waals surface area contributed by atoms with Crippen molar-refractivity contribution in [2.24, 2.45) is 5.18 Å². The molecule has 0 saturated carbocycles. The van der Waals surface area contributed by atoms with Crippen molar-refractivity contribution in [2.45, 2.75) is 57.9 Å². The van der Waals surface area contributed by atoms with Crippen LogP contribution in [0.4, 0.5) is 0 Å². The minimum atomic E-state index is -1.10. The Morgan fingerprint density at radius 3 is 2.29 bits per heavy atom. The van der Waals surface area contributed by atoms with Crippen molar-refractivity contribution in [2.75, 3.05) is 0 Å². The molecule has 1 unspecified atom stereocenters. The Morgan fingerprint density at radius 1 is 1.21 bits per heavy atom. The monoisotopic (exact) mass is 201 g/mol. The van der Waals surface area contributed by atoms with Gasteiger partial charge < -0.3 is 5.11 Å². The third kappa shape index (κ3) is 6.57. The average molecular weight is 201 g/mol. The average Bonchev–Trinajstić information content (AvgIpc) is 2.16. The second kappa shape index (κ2) is 8.66. The number of carbonyl (C=O) groups is 1. The molecule has 1 atom stereocenters. The molecule has 82 valence electrons. The highest BCUT2D eigenvalue weighted by Crippen LogP contribution is 2.10. The topological polar surface area (TPSA) is 66.7 Å². The number of carboxylic acid groups (broad SMARTS) is 1. The summed E-state index contributed by atoms with van der Waals surface area (Å²) in [7, 11) is 0. The molecular weight excluding hydrogens is 182 g/mol. The van der Waals surface area contributed by atoms with Crippen molar-refractivity contribution < 1.29 is 9.90 Å². The number of rotatable bonds is 9. The van der Waals surface area contributed by atoms with Gasteiger partial charge in [0.2, 0.25) is 0 Å². The Balaban J connectivity index is 3.33. The van der Waals surface area contributed by atoms with Crippen LogP contribution < -0.4 is 0 Å². The van der Waals surface area contributed by atoms with Gasteiger partial charge in [-0.3, -0.25) is 0 Å². The zero-order chi connectivity index (χ0) is 10.8. The second-order valence-corrected chi connectivity index (χ2v) is 3.52. The van der Waals surface area contributed by atoms with Crippen molar-refractivity contribution in [1.82, 2.24) is 0 Å². The second-order valence-electron chi connectivity index (χ2n) is 3.52. The summed E-state index contributed by atoms with van der Waals surface area (Å²) in [6.07, 6.45) is 6.92. The molecule has 0 heterocycles. The highest BCUT2D eigenvalue weighted by atomic mass is 16.4. The summed E-state index contributed by atoms with van der Waals surface area (Å²) in [6, 6.07) is -1.04. The van der Waals surface area contributed by atoms with Crippen LogP contribution in [0.25, 0.3) is 0 Å². The van der Waals surface area contributed by atoms with Gasteiger partial charge >= 0.3 is 5.97 Å². The largest absolute Gasteiger partial charge is 0.480 e. The van der Waals surface area contributed by atoms with E-state index in [-0.39, 0.29) is 0 Å². The van der Waals surface area contributed by atoms with Crippen LogP contribution in [-0.4, -0.2) is 17.1 Å². The summed E-state index contributed by atoms with van der Waals surface area (Å²) in [6.45, 7) is 2.15. The fourth-order valence-electron chi connectivity index (χ4n) is 1.34. The number of carboxylic acids is 1. The number of hydrogen-bond acceptors (Lipinski definition) is 3. The van der Waals surface area contributed by atoms with E-state index in [0.717, 1.165) is 19.3 Å². The van der Waals surface area contributed by atoms with Crippen molar-refractivity contribution >= 4 is 5.97 Å². The summed E-state index contributed by atoms with van der Waals surface area (Å²) in [5.74, 6) is -1.10. The Labute approximate surface area is 84.7 Å². The van der Waals surface area contributed by atoms with Gasteiger partial charge in [-0.25, -0.2) is 4.79 Å². The highest BCUT2D eigenvalue weighted by Gasteiger charge is 2.16. The van der Waals surface area contributed by atoms with E-state index >= 15 is 0 Å². The fraction of sp³-hybridized carbons (Fsp3) is 0.900.